The molecular formula is C23H15Cl2N3O4. The maximum absolute atomic E-state index is 12.9. The van der Waals surface area contributed by atoms with Gasteiger partial charge >= 0.3 is 0 Å². The number of aromatic hydroxyl groups is 1. The summed E-state index contributed by atoms with van der Waals surface area (Å²) in [5, 5.41) is 15.0. The summed E-state index contributed by atoms with van der Waals surface area (Å²) < 4.78 is 0. The van der Waals surface area contributed by atoms with Crippen LogP contribution in [-0.4, -0.2) is 22.8 Å². The molecule has 0 aliphatic carbocycles. The number of hydrogen-bond acceptors (Lipinski definition) is 5. The van der Waals surface area contributed by atoms with E-state index in [-0.39, 0.29) is 32.8 Å². The predicted octanol–water partition coefficient (Wildman–Crippen LogP) is 4.73. The highest BCUT2D eigenvalue weighted by atomic mass is 35.5. The van der Waals surface area contributed by atoms with E-state index in [0.29, 0.717) is 11.4 Å². The van der Waals surface area contributed by atoms with E-state index in [0.717, 1.165) is 4.90 Å². The molecule has 1 aliphatic rings. The Morgan fingerprint density at radius 2 is 1.56 bits per heavy atom. The maximum Gasteiger partial charge on any atom is 0.283 e. The molecule has 1 heterocycles. The van der Waals surface area contributed by atoms with Gasteiger partial charge in [-0.05, 0) is 42.5 Å². The topological polar surface area (TPSA) is 98.7 Å². The fraction of sp³-hybridized carbons (Fsp3) is 0. The van der Waals surface area contributed by atoms with Gasteiger partial charge in [-0.3, -0.25) is 14.4 Å². The lowest BCUT2D eigenvalue weighted by atomic mass is 10.1. The smallest absolute Gasteiger partial charge is 0.283 e. The maximum atomic E-state index is 12.9. The first-order valence-electron chi connectivity index (χ1n) is 9.35. The first-order chi connectivity index (χ1) is 15.3. The van der Waals surface area contributed by atoms with Crippen LogP contribution in [0.15, 0.2) is 83.5 Å². The SMILES string of the molecule is O=C(Nc1cccc(O)c1)c1cccc(NC2=C(Cl)C(=O)N(c3ccccc3Cl)C2=O)c1. The summed E-state index contributed by atoms with van der Waals surface area (Å²) in [7, 11) is 0. The number of carbonyl (C=O) groups is 3. The molecule has 0 saturated heterocycles. The molecule has 0 saturated carbocycles. The fourth-order valence-corrected chi connectivity index (χ4v) is 3.57. The van der Waals surface area contributed by atoms with Crippen LogP contribution in [0.25, 0.3) is 0 Å². The summed E-state index contributed by atoms with van der Waals surface area (Å²) in [6, 6.07) is 18.9. The van der Waals surface area contributed by atoms with E-state index < -0.39 is 17.7 Å². The van der Waals surface area contributed by atoms with Crippen molar-refractivity contribution in [2.75, 3.05) is 15.5 Å². The van der Waals surface area contributed by atoms with Crippen molar-refractivity contribution in [1.29, 1.82) is 0 Å². The normalized spacial score (nSPS) is 13.5. The highest BCUT2D eigenvalue weighted by Crippen LogP contribution is 2.34. The lowest BCUT2D eigenvalue weighted by Gasteiger charge is -2.16. The zero-order chi connectivity index (χ0) is 22.8. The molecule has 1 aliphatic heterocycles. The van der Waals surface area contributed by atoms with Gasteiger partial charge in [-0.25, -0.2) is 4.90 Å². The summed E-state index contributed by atoms with van der Waals surface area (Å²) in [6.45, 7) is 0. The van der Waals surface area contributed by atoms with Crippen molar-refractivity contribution >= 4 is 58.0 Å². The zero-order valence-corrected chi connectivity index (χ0v) is 17.8. The Morgan fingerprint density at radius 3 is 2.31 bits per heavy atom. The van der Waals surface area contributed by atoms with Crippen molar-refractivity contribution in [2.24, 2.45) is 0 Å². The second-order valence-corrected chi connectivity index (χ2v) is 7.58. The second-order valence-electron chi connectivity index (χ2n) is 6.80. The van der Waals surface area contributed by atoms with Crippen LogP contribution in [0, 0.1) is 0 Å². The third-order valence-electron chi connectivity index (χ3n) is 4.62. The van der Waals surface area contributed by atoms with Gasteiger partial charge in [0.1, 0.15) is 16.5 Å². The lowest BCUT2D eigenvalue weighted by molar-refractivity contribution is -0.120. The molecule has 0 atom stereocenters. The molecule has 32 heavy (non-hydrogen) atoms. The molecule has 3 aromatic rings. The minimum absolute atomic E-state index is 0.0206. The molecule has 3 amide bonds. The molecule has 0 fully saturated rings. The summed E-state index contributed by atoms with van der Waals surface area (Å²) >= 11 is 12.3. The van der Waals surface area contributed by atoms with Gasteiger partial charge in [0.15, 0.2) is 0 Å². The van der Waals surface area contributed by atoms with E-state index >= 15 is 0 Å². The molecule has 3 aromatic carbocycles. The van der Waals surface area contributed by atoms with Gasteiger partial charge < -0.3 is 15.7 Å². The number of carbonyl (C=O) groups excluding carboxylic acids is 3. The number of halogens is 2. The Balaban J connectivity index is 1.55. The molecule has 0 aromatic heterocycles. The highest BCUT2D eigenvalue weighted by Gasteiger charge is 2.39. The Hall–Kier alpha value is -3.81. The molecule has 160 valence electrons. The van der Waals surface area contributed by atoms with Crippen molar-refractivity contribution in [3.05, 3.63) is 94.1 Å². The van der Waals surface area contributed by atoms with Gasteiger partial charge in [0.25, 0.3) is 17.7 Å². The molecule has 0 unspecified atom stereocenters. The van der Waals surface area contributed by atoms with Gasteiger partial charge in [-0.2, -0.15) is 0 Å². The monoisotopic (exact) mass is 467 g/mol. The molecule has 0 spiro atoms. The number of rotatable bonds is 5. The van der Waals surface area contributed by atoms with Crippen molar-refractivity contribution in [3.63, 3.8) is 0 Å². The molecular weight excluding hydrogens is 453 g/mol. The fourth-order valence-electron chi connectivity index (χ4n) is 3.13. The number of nitrogens with one attached hydrogen (secondary N) is 2. The van der Waals surface area contributed by atoms with Crippen molar-refractivity contribution < 1.29 is 19.5 Å². The second kappa shape index (κ2) is 8.74. The molecule has 4 rings (SSSR count). The molecule has 3 N–H and O–H groups in total. The van der Waals surface area contributed by atoms with Crippen LogP contribution in [0.3, 0.4) is 0 Å². The van der Waals surface area contributed by atoms with Crippen molar-refractivity contribution in [2.45, 2.75) is 0 Å². The highest BCUT2D eigenvalue weighted by molar-refractivity contribution is 6.53. The van der Waals surface area contributed by atoms with Crippen LogP contribution in [0.5, 0.6) is 5.75 Å². The van der Waals surface area contributed by atoms with E-state index in [1.54, 1.807) is 48.5 Å². The molecule has 7 nitrogen and oxygen atoms in total. The van der Waals surface area contributed by atoms with Crippen LogP contribution in [0.1, 0.15) is 10.4 Å². The molecule has 9 heteroatoms. The number of imide groups is 1. The molecule has 0 radical (unpaired) electrons. The summed E-state index contributed by atoms with van der Waals surface area (Å²) in [5.74, 6) is -1.77. The van der Waals surface area contributed by atoms with Crippen LogP contribution in [0.4, 0.5) is 17.1 Å². The number of nitrogens with zero attached hydrogens (tertiary/aromatic N) is 1. The van der Waals surface area contributed by atoms with Crippen LogP contribution in [-0.2, 0) is 9.59 Å². The van der Waals surface area contributed by atoms with Gasteiger partial charge in [-0.1, -0.05) is 47.5 Å². The standard InChI is InChI=1S/C23H15Cl2N3O4/c24-17-9-1-2-10-18(17)28-22(31)19(25)20(23(28)32)26-14-6-3-5-13(11-14)21(30)27-15-7-4-8-16(29)12-15/h1-12,26,29H,(H,27,30). The number of phenolic OH excluding ortho intramolecular Hbond substituents is 1. The third-order valence-corrected chi connectivity index (χ3v) is 5.29. The summed E-state index contributed by atoms with van der Waals surface area (Å²) in [4.78, 5) is 39.0. The van der Waals surface area contributed by atoms with Gasteiger partial charge in [0.2, 0.25) is 0 Å². The largest absolute Gasteiger partial charge is 0.508 e. The van der Waals surface area contributed by atoms with Crippen molar-refractivity contribution in [1.82, 2.24) is 0 Å². The first-order valence-corrected chi connectivity index (χ1v) is 10.1. The average molecular weight is 468 g/mol. The van der Waals surface area contributed by atoms with Gasteiger partial charge in [0, 0.05) is 23.0 Å². The van der Waals surface area contributed by atoms with Gasteiger partial charge in [0.05, 0.1) is 10.7 Å². The Labute approximate surface area is 192 Å². The van der Waals surface area contributed by atoms with E-state index in [1.165, 1.54) is 24.3 Å². The summed E-state index contributed by atoms with van der Waals surface area (Å²) in [6.07, 6.45) is 0. The number of benzene rings is 3. The Morgan fingerprint density at radius 1 is 0.844 bits per heavy atom. The van der Waals surface area contributed by atoms with E-state index in [2.05, 4.69) is 10.6 Å². The van der Waals surface area contributed by atoms with Crippen molar-refractivity contribution in [3.8, 4) is 5.75 Å². The number of para-hydroxylation sites is 1. The van der Waals surface area contributed by atoms with Crippen LogP contribution < -0.4 is 15.5 Å². The first kappa shape index (κ1) is 21.4. The van der Waals surface area contributed by atoms with Crippen LogP contribution in [0.2, 0.25) is 5.02 Å². The van der Waals surface area contributed by atoms with E-state index in [4.69, 9.17) is 23.2 Å². The Bertz CT molecular complexity index is 1290. The minimum atomic E-state index is -0.704. The predicted molar refractivity (Wildman–Crippen MR) is 123 cm³/mol. The van der Waals surface area contributed by atoms with Gasteiger partial charge in [-0.15, -0.1) is 0 Å². The zero-order valence-electron chi connectivity index (χ0n) is 16.3. The minimum Gasteiger partial charge on any atom is -0.508 e. The quantitative estimate of drug-likeness (QED) is 0.471. The number of anilines is 3. The number of phenols is 1. The Kier molecular flexibility index (Phi) is 5.85. The van der Waals surface area contributed by atoms with E-state index in [9.17, 15) is 19.5 Å². The summed E-state index contributed by atoms with van der Waals surface area (Å²) in [5.41, 5.74) is 1.19. The molecule has 0 bridgehead atoms. The third kappa shape index (κ3) is 4.16. The van der Waals surface area contributed by atoms with E-state index in [1.807, 2.05) is 0 Å². The van der Waals surface area contributed by atoms with Crippen LogP contribution >= 0.6 is 23.2 Å². The lowest BCUT2D eigenvalue weighted by Crippen LogP contribution is -2.32. The number of amides is 3. The average Bonchev–Trinajstić information content (AvgIpc) is 2.98. The number of hydrogen-bond donors (Lipinski definition) is 3.